The molecule has 0 aliphatic carbocycles. The summed E-state index contributed by atoms with van der Waals surface area (Å²) < 4.78 is 39.2. The average Bonchev–Trinajstić information content (AvgIpc) is 2.68. The maximum Gasteiger partial charge on any atom is 0.257 e. The summed E-state index contributed by atoms with van der Waals surface area (Å²) in [6.07, 6.45) is 0.705. The van der Waals surface area contributed by atoms with Gasteiger partial charge in [-0.15, -0.1) is 0 Å². The lowest BCUT2D eigenvalue weighted by Gasteiger charge is -2.12. The molecule has 1 amide bonds. The number of rotatable bonds is 2. The van der Waals surface area contributed by atoms with Crippen molar-refractivity contribution >= 4 is 5.91 Å². The number of amides is 1. The van der Waals surface area contributed by atoms with Gasteiger partial charge in [-0.25, -0.2) is 13.2 Å². The van der Waals surface area contributed by atoms with Crippen LogP contribution >= 0.6 is 0 Å². The van der Waals surface area contributed by atoms with Gasteiger partial charge in [0.05, 0.1) is 0 Å². The van der Waals surface area contributed by atoms with Crippen LogP contribution in [0.2, 0.25) is 0 Å². The molecule has 2 rings (SSSR count). The molecule has 1 saturated heterocycles. The predicted molar refractivity (Wildman–Crippen MR) is 55.1 cm³/mol. The monoisotopic (exact) mass is 244 g/mol. The highest BCUT2D eigenvalue weighted by Gasteiger charge is 2.23. The largest absolute Gasteiger partial charge is 0.348 e. The number of carbonyl (C=O) groups is 1. The van der Waals surface area contributed by atoms with Crippen molar-refractivity contribution in [3.05, 3.63) is 35.1 Å². The van der Waals surface area contributed by atoms with Crippen molar-refractivity contribution in [3.8, 4) is 0 Å². The van der Waals surface area contributed by atoms with Crippen LogP contribution in [-0.4, -0.2) is 25.0 Å². The molecule has 92 valence electrons. The topological polar surface area (TPSA) is 41.1 Å². The molecule has 0 saturated carbocycles. The van der Waals surface area contributed by atoms with Gasteiger partial charge in [0.15, 0.2) is 0 Å². The van der Waals surface area contributed by atoms with Crippen LogP contribution in [0.5, 0.6) is 0 Å². The summed E-state index contributed by atoms with van der Waals surface area (Å²) in [5.41, 5.74) is -0.738. The lowest BCUT2D eigenvalue weighted by atomic mass is 10.1. The van der Waals surface area contributed by atoms with Crippen molar-refractivity contribution in [3.63, 3.8) is 0 Å². The minimum Gasteiger partial charge on any atom is -0.348 e. The number of carbonyl (C=O) groups excluding carboxylic acids is 1. The van der Waals surface area contributed by atoms with E-state index in [9.17, 15) is 18.0 Å². The maximum absolute atomic E-state index is 13.3. The van der Waals surface area contributed by atoms with Gasteiger partial charge in [-0.1, -0.05) is 0 Å². The van der Waals surface area contributed by atoms with Crippen LogP contribution in [0.3, 0.4) is 0 Å². The van der Waals surface area contributed by atoms with E-state index in [-0.39, 0.29) is 6.04 Å². The van der Waals surface area contributed by atoms with Crippen molar-refractivity contribution in [2.24, 2.45) is 0 Å². The van der Waals surface area contributed by atoms with Gasteiger partial charge in [0.1, 0.15) is 23.0 Å². The molecular formula is C11H11F3N2O. The highest BCUT2D eigenvalue weighted by molar-refractivity contribution is 5.95. The first-order chi connectivity index (χ1) is 8.08. The van der Waals surface area contributed by atoms with Crippen LogP contribution in [-0.2, 0) is 0 Å². The van der Waals surface area contributed by atoms with Gasteiger partial charge in [0, 0.05) is 24.7 Å². The average molecular weight is 244 g/mol. The first-order valence-electron chi connectivity index (χ1n) is 5.24. The Morgan fingerprint density at radius 3 is 2.47 bits per heavy atom. The third kappa shape index (κ3) is 2.58. The van der Waals surface area contributed by atoms with Crippen LogP contribution in [0.15, 0.2) is 12.1 Å². The summed E-state index contributed by atoms with van der Waals surface area (Å²) in [5, 5.41) is 5.50. The molecule has 6 heteroatoms. The molecule has 1 aliphatic heterocycles. The van der Waals surface area contributed by atoms with E-state index in [4.69, 9.17) is 0 Å². The molecule has 1 aromatic carbocycles. The van der Waals surface area contributed by atoms with E-state index >= 15 is 0 Å². The number of nitrogens with one attached hydrogen (secondary N) is 2. The molecular weight excluding hydrogens is 233 g/mol. The number of benzene rings is 1. The normalized spacial score (nSPS) is 19.4. The van der Waals surface area contributed by atoms with Crippen molar-refractivity contribution in [2.75, 3.05) is 13.1 Å². The zero-order valence-corrected chi connectivity index (χ0v) is 8.90. The van der Waals surface area contributed by atoms with Crippen molar-refractivity contribution in [1.82, 2.24) is 10.6 Å². The van der Waals surface area contributed by atoms with Crippen molar-refractivity contribution in [2.45, 2.75) is 12.5 Å². The Bertz CT molecular complexity index is 421. The fourth-order valence-corrected chi connectivity index (χ4v) is 1.79. The molecule has 1 atom stereocenters. The fraction of sp³-hybridized carbons (Fsp3) is 0.364. The quantitative estimate of drug-likeness (QED) is 0.820. The summed E-state index contributed by atoms with van der Waals surface area (Å²) in [4.78, 5) is 11.6. The second-order valence-electron chi connectivity index (χ2n) is 3.91. The predicted octanol–water partition coefficient (Wildman–Crippen LogP) is 1.20. The second kappa shape index (κ2) is 4.75. The van der Waals surface area contributed by atoms with Gasteiger partial charge in [0.25, 0.3) is 5.91 Å². The molecule has 1 aromatic rings. The molecule has 0 radical (unpaired) electrons. The molecule has 2 N–H and O–H groups in total. The number of halogens is 3. The van der Waals surface area contributed by atoms with E-state index < -0.39 is 28.9 Å². The molecule has 1 aliphatic rings. The summed E-state index contributed by atoms with van der Waals surface area (Å²) >= 11 is 0. The van der Waals surface area contributed by atoms with Crippen molar-refractivity contribution in [1.29, 1.82) is 0 Å². The zero-order chi connectivity index (χ0) is 12.4. The van der Waals surface area contributed by atoms with Gasteiger partial charge in [0.2, 0.25) is 0 Å². The molecule has 1 fully saturated rings. The Hall–Kier alpha value is -1.56. The first kappa shape index (κ1) is 11.9. The summed E-state index contributed by atoms with van der Waals surface area (Å²) in [6.45, 7) is 1.31. The number of hydrogen-bond acceptors (Lipinski definition) is 2. The molecule has 0 aromatic heterocycles. The Morgan fingerprint density at radius 1 is 1.29 bits per heavy atom. The molecule has 0 spiro atoms. The van der Waals surface area contributed by atoms with E-state index in [0.717, 1.165) is 6.54 Å². The van der Waals surface area contributed by atoms with Gasteiger partial charge >= 0.3 is 0 Å². The number of hydrogen-bond donors (Lipinski definition) is 2. The fourth-order valence-electron chi connectivity index (χ4n) is 1.79. The molecule has 1 heterocycles. The van der Waals surface area contributed by atoms with E-state index in [0.29, 0.717) is 25.1 Å². The highest BCUT2D eigenvalue weighted by atomic mass is 19.1. The maximum atomic E-state index is 13.3. The van der Waals surface area contributed by atoms with E-state index in [1.165, 1.54) is 0 Å². The third-order valence-electron chi connectivity index (χ3n) is 2.63. The highest BCUT2D eigenvalue weighted by Crippen LogP contribution is 2.15. The van der Waals surface area contributed by atoms with Gasteiger partial charge in [-0.05, 0) is 13.0 Å². The minimum atomic E-state index is -1.19. The lowest BCUT2D eigenvalue weighted by molar-refractivity contribution is 0.0931. The van der Waals surface area contributed by atoms with E-state index in [2.05, 4.69) is 10.6 Å². The Labute approximate surface area is 96.0 Å². The first-order valence-corrected chi connectivity index (χ1v) is 5.24. The SMILES string of the molecule is O=C(N[C@H]1CCNC1)c1c(F)cc(F)cc1F. The Balaban J connectivity index is 2.18. The van der Waals surface area contributed by atoms with Crippen LogP contribution in [0.25, 0.3) is 0 Å². The van der Waals surface area contributed by atoms with Crippen LogP contribution < -0.4 is 10.6 Å². The minimum absolute atomic E-state index is 0.147. The Morgan fingerprint density at radius 2 is 1.94 bits per heavy atom. The van der Waals surface area contributed by atoms with E-state index in [1.807, 2.05) is 0 Å². The van der Waals surface area contributed by atoms with Crippen LogP contribution in [0.4, 0.5) is 13.2 Å². The molecule has 0 bridgehead atoms. The van der Waals surface area contributed by atoms with E-state index in [1.54, 1.807) is 0 Å². The van der Waals surface area contributed by atoms with Crippen LogP contribution in [0.1, 0.15) is 16.8 Å². The van der Waals surface area contributed by atoms with Gasteiger partial charge in [-0.3, -0.25) is 4.79 Å². The molecule has 0 unspecified atom stereocenters. The lowest BCUT2D eigenvalue weighted by Crippen LogP contribution is -2.37. The van der Waals surface area contributed by atoms with Crippen LogP contribution in [0, 0.1) is 17.5 Å². The summed E-state index contributed by atoms with van der Waals surface area (Å²) in [7, 11) is 0. The Kier molecular flexibility index (Phi) is 3.33. The van der Waals surface area contributed by atoms with Gasteiger partial charge in [-0.2, -0.15) is 0 Å². The van der Waals surface area contributed by atoms with Gasteiger partial charge < -0.3 is 10.6 Å². The molecule has 17 heavy (non-hydrogen) atoms. The summed E-state index contributed by atoms with van der Waals surface area (Å²) in [5.74, 6) is -4.27. The second-order valence-corrected chi connectivity index (χ2v) is 3.91. The zero-order valence-electron chi connectivity index (χ0n) is 8.90. The smallest absolute Gasteiger partial charge is 0.257 e. The molecule has 3 nitrogen and oxygen atoms in total. The third-order valence-corrected chi connectivity index (χ3v) is 2.63. The van der Waals surface area contributed by atoms with Crippen molar-refractivity contribution < 1.29 is 18.0 Å². The standard InChI is InChI=1S/C11H11F3N2O/c12-6-3-8(13)10(9(14)4-6)11(17)16-7-1-2-15-5-7/h3-4,7,15H,1-2,5H2,(H,16,17)/t7-/m0/s1. The summed E-state index contributed by atoms with van der Waals surface area (Å²) in [6, 6.07) is 0.835.